The third-order valence-electron chi connectivity index (χ3n) is 2.18. The molecular weight excluding hydrogens is 240 g/mol. The Labute approximate surface area is 101 Å². The van der Waals surface area contributed by atoms with Crippen LogP contribution in [-0.4, -0.2) is 26.2 Å². The number of aryl methyl sites for hydroxylation is 1. The minimum absolute atomic E-state index is 0.0570. The largest absolute Gasteiger partial charge is 0.392 e. The van der Waals surface area contributed by atoms with Gasteiger partial charge in [0.2, 0.25) is 10.0 Å². The molecule has 0 radical (unpaired) electrons. The van der Waals surface area contributed by atoms with Crippen molar-refractivity contribution in [3.8, 4) is 6.07 Å². The lowest BCUT2D eigenvalue weighted by Gasteiger charge is -2.10. The summed E-state index contributed by atoms with van der Waals surface area (Å²) in [6.07, 6.45) is -0.760. The number of hydrogen-bond donors (Lipinski definition) is 2. The number of aliphatic hydroxyl groups excluding tert-OH is 1. The van der Waals surface area contributed by atoms with Gasteiger partial charge in [0.15, 0.2) is 0 Å². The van der Waals surface area contributed by atoms with Crippen LogP contribution >= 0.6 is 0 Å². The van der Waals surface area contributed by atoms with Crippen molar-refractivity contribution < 1.29 is 13.5 Å². The number of nitrogens with zero attached hydrogens (tertiary/aromatic N) is 1. The van der Waals surface area contributed by atoms with Crippen molar-refractivity contribution in [2.45, 2.75) is 24.8 Å². The van der Waals surface area contributed by atoms with Crippen molar-refractivity contribution in [3.63, 3.8) is 0 Å². The Bertz CT molecular complexity index is 544. The van der Waals surface area contributed by atoms with E-state index in [4.69, 9.17) is 10.4 Å². The SMILES string of the molecule is Cc1ccc(C#N)cc1S(=O)(=O)NC[C@@H](C)O. The number of hydrogen-bond acceptors (Lipinski definition) is 4. The van der Waals surface area contributed by atoms with E-state index in [1.54, 1.807) is 19.1 Å². The van der Waals surface area contributed by atoms with Gasteiger partial charge in [-0.05, 0) is 31.5 Å². The van der Waals surface area contributed by atoms with E-state index in [1.165, 1.54) is 13.0 Å². The Morgan fingerprint density at radius 1 is 1.53 bits per heavy atom. The van der Waals surface area contributed by atoms with Crippen LogP contribution in [0.5, 0.6) is 0 Å². The van der Waals surface area contributed by atoms with Gasteiger partial charge in [-0.15, -0.1) is 0 Å². The molecular formula is C11H14N2O3S. The molecule has 0 aliphatic carbocycles. The van der Waals surface area contributed by atoms with Gasteiger partial charge in [0, 0.05) is 6.54 Å². The molecule has 0 bridgehead atoms. The molecule has 17 heavy (non-hydrogen) atoms. The van der Waals surface area contributed by atoms with Crippen molar-refractivity contribution in [2.24, 2.45) is 0 Å². The molecule has 0 fully saturated rings. The molecule has 0 aliphatic heterocycles. The summed E-state index contributed by atoms with van der Waals surface area (Å²) in [4.78, 5) is 0.0669. The van der Waals surface area contributed by atoms with Crippen LogP contribution in [0.3, 0.4) is 0 Å². The fourth-order valence-electron chi connectivity index (χ4n) is 1.27. The number of rotatable bonds is 4. The first-order valence-corrected chi connectivity index (χ1v) is 6.53. The molecule has 0 heterocycles. The molecule has 0 spiro atoms. The Kier molecular flexibility index (Phi) is 4.23. The summed E-state index contributed by atoms with van der Waals surface area (Å²) in [6, 6.07) is 6.35. The fourth-order valence-corrected chi connectivity index (χ4v) is 2.66. The molecule has 5 nitrogen and oxygen atoms in total. The van der Waals surface area contributed by atoms with E-state index in [-0.39, 0.29) is 17.0 Å². The van der Waals surface area contributed by atoms with Crippen LogP contribution < -0.4 is 4.72 Å². The summed E-state index contributed by atoms with van der Waals surface area (Å²) in [7, 11) is -3.68. The highest BCUT2D eigenvalue weighted by molar-refractivity contribution is 7.89. The quantitative estimate of drug-likeness (QED) is 0.820. The Balaban J connectivity index is 3.11. The summed E-state index contributed by atoms with van der Waals surface area (Å²) in [5.41, 5.74) is 0.843. The number of benzene rings is 1. The Morgan fingerprint density at radius 3 is 2.71 bits per heavy atom. The molecule has 1 rings (SSSR count). The first-order chi connectivity index (χ1) is 7.86. The summed E-state index contributed by atoms with van der Waals surface area (Å²) in [6.45, 7) is 3.08. The zero-order valence-electron chi connectivity index (χ0n) is 9.64. The lowest BCUT2D eigenvalue weighted by atomic mass is 10.2. The molecule has 0 amide bonds. The zero-order valence-corrected chi connectivity index (χ0v) is 10.5. The van der Waals surface area contributed by atoms with Gasteiger partial charge in [0.05, 0.1) is 22.6 Å². The van der Waals surface area contributed by atoms with Crippen molar-refractivity contribution in [1.82, 2.24) is 4.72 Å². The minimum Gasteiger partial charge on any atom is -0.392 e. The maximum Gasteiger partial charge on any atom is 0.240 e. The topological polar surface area (TPSA) is 90.2 Å². The van der Waals surface area contributed by atoms with Gasteiger partial charge in [-0.2, -0.15) is 5.26 Å². The van der Waals surface area contributed by atoms with E-state index in [1.807, 2.05) is 6.07 Å². The monoisotopic (exact) mass is 254 g/mol. The molecule has 92 valence electrons. The molecule has 6 heteroatoms. The van der Waals surface area contributed by atoms with Gasteiger partial charge in [-0.1, -0.05) is 6.07 Å². The Hall–Kier alpha value is -1.42. The van der Waals surface area contributed by atoms with E-state index in [9.17, 15) is 8.42 Å². The fraction of sp³-hybridized carbons (Fsp3) is 0.364. The molecule has 0 unspecified atom stereocenters. The molecule has 1 aromatic carbocycles. The molecule has 1 aromatic rings. The number of aliphatic hydroxyl groups is 1. The first kappa shape index (κ1) is 13.6. The van der Waals surface area contributed by atoms with Crippen LogP contribution in [0.25, 0.3) is 0 Å². The maximum atomic E-state index is 11.9. The van der Waals surface area contributed by atoms with Gasteiger partial charge in [0.1, 0.15) is 0 Å². The van der Waals surface area contributed by atoms with Crippen LogP contribution in [0.4, 0.5) is 0 Å². The minimum atomic E-state index is -3.68. The van der Waals surface area contributed by atoms with E-state index in [0.29, 0.717) is 5.56 Å². The molecule has 2 N–H and O–H groups in total. The van der Waals surface area contributed by atoms with Crippen LogP contribution in [0.15, 0.2) is 23.1 Å². The van der Waals surface area contributed by atoms with Gasteiger partial charge < -0.3 is 5.11 Å². The highest BCUT2D eigenvalue weighted by Gasteiger charge is 2.17. The molecule has 0 saturated carbocycles. The highest BCUT2D eigenvalue weighted by Crippen LogP contribution is 2.16. The van der Waals surface area contributed by atoms with E-state index in [2.05, 4.69) is 4.72 Å². The van der Waals surface area contributed by atoms with Crippen molar-refractivity contribution >= 4 is 10.0 Å². The second-order valence-electron chi connectivity index (χ2n) is 3.79. The van der Waals surface area contributed by atoms with Gasteiger partial charge in [0.25, 0.3) is 0 Å². The van der Waals surface area contributed by atoms with Gasteiger partial charge in [-0.25, -0.2) is 13.1 Å². The lowest BCUT2D eigenvalue weighted by molar-refractivity contribution is 0.198. The summed E-state index contributed by atoms with van der Waals surface area (Å²) in [5.74, 6) is 0. The first-order valence-electron chi connectivity index (χ1n) is 5.05. The van der Waals surface area contributed by atoms with E-state index < -0.39 is 16.1 Å². The Morgan fingerprint density at radius 2 is 2.18 bits per heavy atom. The molecule has 1 atom stereocenters. The second kappa shape index (κ2) is 5.27. The summed E-state index contributed by atoms with van der Waals surface area (Å²) >= 11 is 0. The number of nitriles is 1. The molecule has 0 saturated heterocycles. The third-order valence-corrected chi connectivity index (χ3v) is 3.74. The maximum absolute atomic E-state index is 11.9. The van der Waals surface area contributed by atoms with Crippen LogP contribution in [-0.2, 0) is 10.0 Å². The summed E-state index contributed by atoms with van der Waals surface area (Å²) in [5, 5.41) is 17.8. The normalized spacial score (nSPS) is 13.1. The predicted octanol–water partition coefficient (Wildman–Crippen LogP) is 0.526. The van der Waals surface area contributed by atoms with Crippen molar-refractivity contribution in [3.05, 3.63) is 29.3 Å². The smallest absolute Gasteiger partial charge is 0.240 e. The van der Waals surface area contributed by atoms with Gasteiger partial charge >= 0.3 is 0 Å². The predicted molar refractivity (Wildman–Crippen MR) is 62.8 cm³/mol. The average Bonchev–Trinajstić information content (AvgIpc) is 2.27. The van der Waals surface area contributed by atoms with Crippen LogP contribution in [0.2, 0.25) is 0 Å². The standard InChI is InChI=1S/C11H14N2O3S/c1-8-3-4-10(6-12)5-11(8)17(15,16)13-7-9(2)14/h3-5,9,13-14H,7H2,1-2H3/t9-/m1/s1. The zero-order chi connectivity index (χ0) is 13.1. The van der Waals surface area contributed by atoms with Crippen LogP contribution in [0.1, 0.15) is 18.1 Å². The van der Waals surface area contributed by atoms with E-state index in [0.717, 1.165) is 0 Å². The van der Waals surface area contributed by atoms with Crippen LogP contribution in [0, 0.1) is 18.3 Å². The van der Waals surface area contributed by atoms with E-state index >= 15 is 0 Å². The lowest BCUT2D eigenvalue weighted by Crippen LogP contribution is -2.31. The summed E-state index contributed by atoms with van der Waals surface area (Å²) < 4.78 is 26.1. The number of sulfonamides is 1. The number of nitrogens with one attached hydrogen (secondary N) is 1. The second-order valence-corrected chi connectivity index (χ2v) is 5.53. The average molecular weight is 254 g/mol. The molecule has 0 aliphatic rings. The van der Waals surface area contributed by atoms with Gasteiger partial charge in [-0.3, -0.25) is 0 Å². The van der Waals surface area contributed by atoms with Crippen molar-refractivity contribution in [1.29, 1.82) is 5.26 Å². The third kappa shape index (κ3) is 3.53. The molecule has 0 aromatic heterocycles. The highest BCUT2D eigenvalue weighted by atomic mass is 32.2. The van der Waals surface area contributed by atoms with Crippen molar-refractivity contribution in [2.75, 3.05) is 6.54 Å².